The number of ketones is 1. The number of piperidine rings is 1. The molecule has 5 nitrogen and oxygen atoms in total. The smallest absolute Gasteiger partial charge is 0.231 e. The number of aromatic nitrogens is 2. The van der Waals surface area contributed by atoms with Crippen LogP contribution in [0.4, 0.5) is 0 Å². The Morgan fingerprint density at radius 2 is 2.14 bits per heavy atom. The molecule has 110 valence electrons. The molecule has 0 amide bonds. The van der Waals surface area contributed by atoms with Gasteiger partial charge in [-0.25, -0.2) is 4.98 Å². The Morgan fingerprint density at radius 3 is 2.90 bits per heavy atom. The van der Waals surface area contributed by atoms with Crippen molar-refractivity contribution in [3.8, 4) is 5.75 Å². The summed E-state index contributed by atoms with van der Waals surface area (Å²) in [7, 11) is 1.56. The van der Waals surface area contributed by atoms with Crippen LogP contribution in [-0.4, -0.2) is 35.5 Å². The largest absolute Gasteiger partial charge is 0.494 e. The zero-order chi connectivity index (χ0) is 14.7. The molecule has 0 saturated carbocycles. The van der Waals surface area contributed by atoms with Crippen LogP contribution in [0.25, 0.3) is 0 Å². The highest BCUT2D eigenvalue weighted by Crippen LogP contribution is 2.24. The molecule has 0 spiro atoms. The molecule has 2 aromatic rings. The molecule has 1 fully saturated rings. The van der Waals surface area contributed by atoms with Crippen LogP contribution >= 0.6 is 0 Å². The van der Waals surface area contributed by atoms with E-state index in [0.29, 0.717) is 23.2 Å². The van der Waals surface area contributed by atoms with Crippen LogP contribution in [-0.2, 0) is 0 Å². The SMILES string of the molecule is COc1cccnc1C(=O)c1cccn1C1CCNCC1. The number of carbonyl (C=O) groups excluding carboxylic acids is 1. The summed E-state index contributed by atoms with van der Waals surface area (Å²) in [4.78, 5) is 17.0. The summed E-state index contributed by atoms with van der Waals surface area (Å²) in [6.45, 7) is 1.98. The maximum absolute atomic E-state index is 12.8. The van der Waals surface area contributed by atoms with E-state index in [1.807, 2.05) is 18.3 Å². The second-order valence-corrected chi connectivity index (χ2v) is 5.17. The van der Waals surface area contributed by atoms with Crippen LogP contribution in [0, 0.1) is 0 Å². The van der Waals surface area contributed by atoms with Crippen LogP contribution in [0.15, 0.2) is 36.7 Å². The number of hydrogen-bond acceptors (Lipinski definition) is 4. The topological polar surface area (TPSA) is 56.1 Å². The first kappa shape index (κ1) is 13.8. The molecule has 1 aliphatic heterocycles. The van der Waals surface area contributed by atoms with E-state index < -0.39 is 0 Å². The standard InChI is InChI=1S/C16H19N3O2/c1-21-14-5-2-8-18-15(14)16(20)13-4-3-11-19(13)12-6-9-17-10-7-12/h2-5,8,11-12,17H,6-7,9-10H2,1H3. The van der Waals surface area contributed by atoms with Crippen LogP contribution in [0.1, 0.15) is 35.1 Å². The van der Waals surface area contributed by atoms with Gasteiger partial charge in [-0.15, -0.1) is 0 Å². The third kappa shape index (κ3) is 2.69. The summed E-state index contributed by atoms with van der Waals surface area (Å²) in [6, 6.07) is 7.68. The normalized spacial score (nSPS) is 15.9. The molecular formula is C16H19N3O2. The number of nitrogens with one attached hydrogen (secondary N) is 1. The van der Waals surface area contributed by atoms with Gasteiger partial charge in [0.15, 0.2) is 5.69 Å². The molecule has 1 N–H and O–H groups in total. The molecule has 21 heavy (non-hydrogen) atoms. The average molecular weight is 285 g/mol. The van der Waals surface area contributed by atoms with Gasteiger partial charge >= 0.3 is 0 Å². The first-order valence-corrected chi connectivity index (χ1v) is 7.22. The lowest BCUT2D eigenvalue weighted by atomic mass is 10.1. The predicted molar refractivity (Wildman–Crippen MR) is 79.8 cm³/mol. The summed E-state index contributed by atoms with van der Waals surface area (Å²) in [5.74, 6) is 0.427. The summed E-state index contributed by atoms with van der Waals surface area (Å²) in [5.41, 5.74) is 1.05. The maximum Gasteiger partial charge on any atom is 0.231 e. The summed E-state index contributed by atoms with van der Waals surface area (Å²) in [5, 5.41) is 3.34. The van der Waals surface area contributed by atoms with Gasteiger partial charge in [-0.2, -0.15) is 0 Å². The molecule has 2 aromatic heterocycles. The molecule has 5 heteroatoms. The highest BCUT2D eigenvalue weighted by Gasteiger charge is 2.23. The molecule has 0 aromatic carbocycles. The van der Waals surface area contributed by atoms with Gasteiger partial charge in [0.2, 0.25) is 5.78 Å². The Labute approximate surface area is 124 Å². The van der Waals surface area contributed by atoms with Crippen LogP contribution < -0.4 is 10.1 Å². The third-order valence-electron chi connectivity index (χ3n) is 3.92. The van der Waals surface area contributed by atoms with E-state index in [1.54, 1.807) is 25.4 Å². The van der Waals surface area contributed by atoms with E-state index in [-0.39, 0.29) is 5.78 Å². The number of ether oxygens (including phenoxy) is 1. The van der Waals surface area contributed by atoms with Crippen molar-refractivity contribution in [2.24, 2.45) is 0 Å². The van der Waals surface area contributed by atoms with Crippen LogP contribution in [0.2, 0.25) is 0 Å². The zero-order valence-corrected chi connectivity index (χ0v) is 12.1. The van der Waals surface area contributed by atoms with Gasteiger partial charge in [0.1, 0.15) is 5.75 Å². The number of rotatable bonds is 4. The monoisotopic (exact) mass is 285 g/mol. The lowest BCUT2D eigenvalue weighted by molar-refractivity contribution is 0.101. The molecule has 0 unspecified atom stereocenters. The van der Waals surface area contributed by atoms with E-state index in [2.05, 4.69) is 14.9 Å². The third-order valence-corrected chi connectivity index (χ3v) is 3.92. The van der Waals surface area contributed by atoms with Crippen molar-refractivity contribution in [2.75, 3.05) is 20.2 Å². The van der Waals surface area contributed by atoms with Crippen molar-refractivity contribution in [1.29, 1.82) is 0 Å². The Kier molecular flexibility index (Phi) is 4.01. The first-order chi connectivity index (χ1) is 10.3. The fourth-order valence-electron chi connectivity index (χ4n) is 2.84. The number of pyridine rings is 1. The van der Waals surface area contributed by atoms with Crippen molar-refractivity contribution in [3.63, 3.8) is 0 Å². The van der Waals surface area contributed by atoms with Gasteiger partial charge in [0, 0.05) is 18.4 Å². The van der Waals surface area contributed by atoms with E-state index in [0.717, 1.165) is 25.9 Å². The van der Waals surface area contributed by atoms with Gasteiger partial charge in [-0.3, -0.25) is 4.79 Å². The van der Waals surface area contributed by atoms with Crippen molar-refractivity contribution in [1.82, 2.24) is 14.9 Å². The van der Waals surface area contributed by atoms with Crippen molar-refractivity contribution >= 4 is 5.78 Å². The lowest BCUT2D eigenvalue weighted by Gasteiger charge is -2.25. The van der Waals surface area contributed by atoms with Gasteiger partial charge < -0.3 is 14.6 Å². The Hall–Kier alpha value is -2.14. The second kappa shape index (κ2) is 6.10. The van der Waals surface area contributed by atoms with Crippen molar-refractivity contribution < 1.29 is 9.53 Å². The van der Waals surface area contributed by atoms with Gasteiger partial charge in [0.05, 0.1) is 12.8 Å². The van der Waals surface area contributed by atoms with Crippen LogP contribution in [0.3, 0.4) is 0 Å². The number of hydrogen-bond donors (Lipinski definition) is 1. The maximum atomic E-state index is 12.8. The summed E-state index contributed by atoms with van der Waals surface area (Å²) in [6.07, 6.45) is 5.68. The lowest BCUT2D eigenvalue weighted by Crippen LogP contribution is -2.30. The van der Waals surface area contributed by atoms with E-state index in [9.17, 15) is 4.79 Å². The van der Waals surface area contributed by atoms with Gasteiger partial charge in [0.25, 0.3) is 0 Å². The quantitative estimate of drug-likeness (QED) is 0.874. The van der Waals surface area contributed by atoms with E-state index >= 15 is 0 Å². The zero-order valence-electron chi connectivity index (χ0n) is 12.1. The fourth-order valence-corrected chi connectivity index (χ4v) is 2.84. The number of methoxy groups -OCH3 is 1. The minimum absolute atomic E-state index is 0.0871. The number of carbonyl (C=O) groups is 1. The molecule has 0 aliphatic carbocycles. The second-order valence-electron chi connectivity index (χ2n) is 5.17. The van der Waals surface area contributed by atoms with Crippen LogP contribution in [0.5, 0.6) is 5.75 Å². The van der Waals surface area contributed by atoms with E-state index in [1.165, 1.54) is 0 Å². The highest BCUT2D eigenvalue weighted by molar-refractivity contribution is 6.08. The molecule has 1 aliphatic rings. The average Bonchev–Trinajstić information content (AvgIpc) is 3.04. The van der Waals surface area contributed by atoms with Crippen molar-refractivity contribution in [3.05, 3.63) is 48.0 Å². The van der Waals surface area contributed by atoms with Gasteiger partial charge in [-0.1, -0.05) is 0 Å². The predicted octanol–water partition coefficient (Wildman–Crippen LogP) is 2.05. The first-order valence-electron chi connectivity index (χ1n) is 7.22. The summed E-state index contributed by atoms with van der Waals surface area (Å²) >= 11 is 0. The van der Waals surface area contributed by atoms with Crippen molar-refractivity contribution in [2.45, 2.75) is 18.9 Å². The Bertz CT molecular complexity index is 630. The minimum Gasteiger partial charge on any atom is -0.494 e. The number of nitrogens with zero attached hydrogens (tertiary/aromatic N) is 2. The Morgan fingerprint density at radius 1 is 1.33 bits per heavy atom. The molecule has 0 radical (unpaired) electrons. The van der Waals surface area contributed by atoms with Gasteiger partial charge in [-0.05, 0) is 50.2 Å². The molecular weight excluding hydrogens is 266 g/mol. The Balaban J connectivity index is 1.93. The summed E-state index contributed by atoms with van der Waals surface area (Å²) < 4.78 is 7.33. The molecule has 3 rings (SSSR count). The molecule has 3 heterocycles. The molecule has 1 saturated heterocycles. The molecule has 0 bridgehead atoms. The minimum atomic E-state index is -0.0871. The highest BCUT2D eigenvalue weighted by atomic mass is 16.5. The fraction of sp³-hybridized carbons (Fsp3) is 0.375. The van der Waals surface area contributed by atoms with E-state index in [4.69, 9.17) is 4.74 Å². The molecule has 0 atom stereocenters.